The molecule has 0 aliphatic heterocycles. The first-order valence-electron chi connectivity index (χ1n) is 5.77. The fraction of sp³-hybridized carbons (Fsp3) is 0. The molecule has 2 aromatic heterocycles. The van der Waals surface area contributed by atoms with Crippen LogP contribution in [0.5, 0.6) is 0 Å². The van der Waals surface area contributed by atoms with E-state index >= 15 is 0 Å². The molecule has 0 fully saturated rings. The predicted octanol–water partition coefficient (Wildman–Crippen LogP) is 3.67. The lowest BCUT2D eigenvalue weighted by atomic mass is 10.2. The molecule has 2 heterocycles. The number of hydrogen-bond donors (Lipinski definition) is 0. The van der Waals surface area contributed by atoms with Crippen molar-refractivity contribution in [1.29, 1.82) is 0 Å². The van der Waals surface area contributed by atoms with Gasteiger partial charge in [-0.05, 0) is 24.3 Å². The Morgan fingerprint density at radius 3 is 2.61 bits per heavy atom. The first kappa shape index (κ1) is 9.85. The lowest BCUT2D eigenvalue weighted by Gasteiger charge is -1.99. The summed E-state index contributed by atoms with van der Waals surface area (Å²) in [6.45, 7) is 0. The van der Waals surface area contributed by atoms with E-state index in [-0.39, 0.29) is 5.43 Å². The number of aromatic nitrogens is 1. The second-order valence-corrected chi connectivity index (χ2v) is 5.29. The molecule has 0 aliphatic carbocycles. The Bertz CT molecular complexity index is 949. The Labute approximate surface area is 107 Å². The Kier molecular flexibility index (Phi) is 1.88. The van der Waals surface area contributed by atoms with Crippen LogP contribution in [-0.4, -0.2) is 3.79 Å². The Morgan fingerprint density at radius 1 is 0.889 bits per heavy atom. The zero-order chi connectivity index (χ0) is 12.1. The molecule has 0 amide bonds. The number of nitrogens with zero attached hydrogens (tertiary/aromatic N) is 1. The normalized spacial score (nSPS) is 11.6. The van der Waals surface area contributed by atoms with Crippen LogP contribution in [0.4, 0.5) is 0 Å². The van der Waals surface area contributed by atoms with E-state index in [0.29, 0.717) is 0 Å². The van der Waals surface area contributed by atoms with Gasteiger partial charge in [-0.25, -0.2) is 0 Å². The van der Waals surface area contributed by atoms with E-state index in [9.17, 15) is 4.79 Å². The quantitative estimate of drug-likeness (QED) is 0.467. The maximum atomic E-state index is 12.4. The number of fused-ring (bicyclic) bond motifs is 4. The average molecular weight is 251 g/mol. The second-order valence-electron chi connectivity index (χ2n) is 4.30. The van der Waals surface area contributed by atoms with E-state index in [2.05, 4.69) is 0 Å². The molecule has 0 aliphatic rings. The topological polar surface area (TPSA) is 21.5 Å². The lowest BCUT2D eigenvalue weighted by Crippen LogP contribution is -2.02. The fourth-order valence-electron chi connectivity index (χ4n) is 2.36. The molecule has 4 rings (SSSR count). The molecule has 4 aromatic rings. The molecule has 0 spiro atoms. The van der Waals surface area contributed by atoms with Gasteiger partial charge < -0.3 is 0 Å². The number of para-hydroxylation sites is 1. The van der Waals surface area contributed by atoms with Crippen LogP contribution >= 0.6 is 11.5 Å². The predicted molar refractivity (Wildman–Crippen MR) is 76.6 cm³/mol. The Morgan fingerprint density at radius 2 is 1.67 bits per heavy atom. The Balaban J connectivity index is 2.38. The summed E-state index contributed by atoms with van der Waals surface area (Å²) >= 11 is 1.62. The summed E-state index contributed by atoms with van der Waals surface area (Å²) in [6, 6.07) is 17.8. The maximum Gasteiger partial charge on any atom is 0.212 e. The van der Waals surface area contributed by atoms with Crippen molar-refractivity contribution in [3.8, 4) is 0 Å². The molecule has 0 saturated carbocycles. The highest BCUT2D eigenvalue weighted by atomic mass is 32.1. The average Bonchev–Trinajstić information content (AvgIpc) is 2.79. The highest BCUT2D eigenvalue weighted by molar-refractivity contribution is 7.14. The third-order valence-corrected chi connectivity index (χ3v) is 4.35. The summed E-state index contributed by atoms with van der Waals surface area (Å²) in [5.41, 5.74) is 1.97. The van der Waals surface area contributed by atoms with Crippen LogP contribution in [0.25, 0.3) is 26.5 Å². The molecule has 0 radical (unpaired) electrons. The van der Waals surface area contributed by atoms with Gasteiger partial charge in [-0.3, -0.25) is 8.58 Å². The van der Waals surface area contributed by atoms with Gasteiger partial charge in [0.05, 0.1) is 10.2 Å². The first-order chi connectivity index (χ1) is 8.84. The van der Waals surface area contributed by atoms with Gasteiger partial charge >= 0.3 is 0 Å². The molecular formula is C15H9NOS. The van der Waals surface area contributed by atoms with Crippen LogP contribution in [0, 0.1) is 0 Å². The molecule has 2 nitrogen and oxygen atoms in total. The summed E-state index contributed by atoms with van der Waals surface area (Å²) < 4.78 is 3.05. The van der Waals surface area contributed by atoms with Crippen molar-refractivity contribution in [3.63, 3.8) is 0 Å². The van der Waals surface area contributed by atoms with Gasteiger partial charge in [0.15, 0.2) is 0 Å². The van der Waals surface area contributed by atoms with Crippen LogP contribution < -0.4 is 5.43 Å². The monoisotopic (exact) mass is 251 g/mol. The number of hydrogen-bond acceptors (Lipinski definition) is 2. The zero-order valence-corrected chi connectivity index (χ0v) is 10.3. The van der Waals surface area contributed by atoms with Gasteiger partial charge in [0.25, 0.3) is 0 Å². The smallest absolute Gasteiger partial charge is 0.212 e. The van der Waals surface area contributed by atoms with E-state index in [4.69, 9.17) is 0 Å². The summed E-state index contributed by atoms with van der Waals surface area (Å²) in [6.07, 6.45) is 0. The second kappa shape index (κ2) is 3.43. The van der Waals surface area contributed by atoms with Gasteiger partial charge in [0.1, 0.15) is 5.52 Å². The first-order valence-corrected chi connectivity index (χ1v) is 6.54. The van der Waals surface area contributed by atoms with Crippen molar-refractivity contribution in [2.24, 2.45) is 0 Å². The minimum absolute atomic E-state index is 0.112. The van der Waals surface area contributed by atoms with Gasteiger partial charge in [-0.2, -0.15) is 0 Å². The van der Waals surface area contributed by atoms with Crippen molar-refractivity contribution < 1.29 is 0 Å². The lowest BCUT2D eigenvalue weighted by molar-refractivity contribution is 1.43. The minimum atomic E-state index is 0.112. The molecule has 3 heteroatoms. The summed E-state index contributed by atoms with van der Waals surface area (Å²) in [5.74, 6) is 0. The van der Waals surface area contributed by atoms with Crippen molar-refractivity contribution in [2.45, 2.75) is 0 Å². The van der Waals surface area contributed by atoms with Crippen LogP contribution in [0.1, 0.15) is 0 Å². The van der Waals surface area contributed by atoms with Gasteiger partial charge in [-0.15, -0.1) is 0 Å². The number of benzene rings is 2. The zero-order valence-electron chi connectivity index (χ0n) is 9.46. The van der Waals surface area contributed by atoms with E-state index < -0.39 is 0 Å². The van der Waals surface area contributed by atoms with Crippen molar-refractivity contribution in [3.05, 3.63) is 64.8 Å². The van der Waals surface area contributed by atoms with E-state index in [0.717, 1.165) is 26.5 Å². The molecule has 0 bridgehead atoms. The summed E-state index contributed by atoms with van der Waals surface area (Å²) in [5, 5.41) is 1.92. The molecule has 2 aromatic carbocycles. The largest absolute Gasteiger partial charge is 0.287 e. The highest BCUT2D eigenvalue weighted by Gasteiger charge is 2.08. The van der Waals surface area contributed by atoms with Gasteiger partial charge in [-0.1, -0.05) is 41.9 Å². The molecule has 0 unspecified atom stereocenters. The molecule has 86 valence electrons. The third kappa shape index (κ3) is 1.19. The third-order valence-electron chi connectivity index (χ3n) is 3.22. The van der Waals surface area contributed by atoms with Crippen LogP contribution in [0.2, 0.25) is 0 Å². The minimum Gasteiger partial charge on any atom is -0.287 e. The molecule has 18 heavy (non-hydrogen) atoms. The van der Waals surface area contributed by atoms with Crippen molar-refractivity contribution >= 4 is 38.0 Å². The summed E-state index contributed by atoms with van der Waals surface area (Å²) in [4.78, 5) is 12.4. The van der Waals surface area contributed by atoms with E-state index in [1.165, 1.54) is 0 Å². The molecule has 0 atom stereocenters. The van der Waals surface area contributed by atoms with Crippen LogP contribution in [-0.2, 0) is 0 Å². The SMILES string of the molecule is O=c1c2ccccc2sn2c1cc1ccccc12. The van der Waals surface area contributed by atoms with Gasteiger partial charge in [0.2, 0.25) is 5.43 Å². The van der Waals surface area contributed by atoms with Gasteiger partial charge in [0, 0.05) is 10.8 Å². The molecular weight excluding hydrogens is 242 g/mol. The van der Waals surface area contributed by atoms with E-state index in [1.807, 2.05) is 58.4 Å². The van der Waals surface area contributed by atoms with Crippen molar-refractivity contribution in [1.82, 2.24) is 3.79 Å². The summed E-state index contributed by atoms with van der Waals surface area (Å²) in [7, 11) is 0. The van der Waals surface area contributed by atoms with E-state index in [1.54, 1.807) is 11.5 Å². The molecule has 0 saturated heterocycles. The standard InChI is InChI=1S/C15H9NOS/c17-15-11-6-2-4-8-14(11)18-16-12-7-3-1-5-10(12)9-13(15)16/h1-9H. The fourth-order valence-corrected chi connectivity index (χ4v) is 3.45. The highest BCUT2D eigenvalue weighted by Crippen LogP contribution is 2.24. The maximum absolute atomic E-state index is 12.4. The van der Waals surface area contributed by atoms with Crippen LogP contribution in [0.15, 0.2) is 59.4 Å². The Hall–Kier alpha value is -2.13. The number of rotatable bonds is 0. The van der Waals surface area contributed by atoms with Crippen LogP contribution in [0.3, 0.4) is 0 Å². The van der Waals surface area contributed by atoms with Crippen molar-refractivity contribution in [2.75, 3.05) is 0 Å². The molecule has 0 N–H and O–H groups in total.